The van der Waals surface area contributed by atoms with Crippen molar-refractivity contribution in [3.8, 4) is 0 Å². The second kappa shape index (κ2) is 5.12. The van der Waals surface area contributed by atoms with Gasteiger partial charge in [0.05, 0.1) is 12.1 Å². The zero-order chi connectivity index (χ0) is 12.4. The largest absolute Gasteiger partial charge is 0.348 e. The summed E-state index contributed by atoms with van der Waals surface area (Å²) in [5, 5.41) is 2.92. The minimum absolute atomic E-state index is 0.0943. The number of rotatable bonds is 4. The van der Waals surface area contributed by atoms with Gasteiger partial charge in [0.2, 0.25) is 5.91 Å². The molecule has 0 aliphatic carbocycles. The lowest BCUT2D eigenvalue weighted by Gasteiger charge is -2.36. The molecular formula is C11H18N4OS. The maximum absolute atomic E-state index is 11.5. The molecule has 94 valence electrons. The van der Waals surface area contributed by atoms with Crippen LogP contribution < -0.4 is 5.73 Å². The average Bonchev–Trinajstić information content (AvgIpc) is 2.63. The zero-order valence-corrected chi connectivity index (χ0v) is 11.0. The summed E-state index contributed by atoms with van der Waals surface area (Å²) in [6.45, 7) is 2.74. The molecule has 2 heterocycles. The first-order valence-electron chi connectivity index (χ1n) is 5.66. The average molecular weight is 254 g/mol. The van der Waals surface area contributed by atoms with Crippen LogP contribution in [-0.4, -0.2) is 53.9 Å². The summed E-state index contributed by atoms with van der Waals surface area (Å²) < 4.78 is 0. The number of amides is 1. The lowest BCUT2D eigenvalue weighted by molar-refractivity contribution is -0.127. The number of hydrogen-bond acceptors (Lipinski definition) is 5. The number of carbonyl (C=O) groups is 1. The molecule has 0 radical (unpaired) electrons. The number of hydrogen-bond donors (Lipinski definition) is 1. The van der Waals surface area contributed by atoms with Gasteiger partial charge in [0, 0.05) is 45.2 Å². The number of likely N-dealkylation sites (N-methyl/N-ethyl adjacent to an activating group) is 1. The molecule has 0 saturated carbocycles. The van der Waals surface area contributed by atoms with Crippen molar-refractivity contribution in [3.63, 3.8) is 0 Å². The van der Waals surface area contributed by atoms with Gasteiger partial charge in [0.15, 0.2) is 0 Å². The van der Waals surface area contributed by atoms with E-state index in [0.29, 0.717) is 12.5 Å². The molecule has 1 saturated heterocycles. The maximum Gasteiger partial charge on any atom is 0.228 e. The molecule has 1 aromatic rings. The van der Waals surface area contributed by atoms with Crippen LogP contribution in [0.1, 0.15) is 10.7 Å². The van der Waals surface area contributed by atoms with Crippen molar-refractivity contribution in [2.75, 3.05) is 27.2 Å². The van der Waals surface area contributed by atoms with Crippen LogP contribution in [0.15, 0.2) is 5.38 Å². The van der Waals surface area contributed by atoms with Crippen LogP contribution in [0.3, 0.4) is 0 Å². The number of aromatic nitrogens is 1. The summed E-state index contributed by atoms with van der Waals surface area (Å²) in [5.74, 6) is 0.0943. The molecule has 2 rings (SSSR count). The summed E-state index contributed by atoms with van der Waals surface area (Å²) in [4.78, 5) is 19.8. The molecule has 1 aliphatic rings. The Balaban J connectivity index is 1.85. The highest BCUT2D eigenvalue weighted by Gasteiger charge is 2.23. The van der Waals surface area contributed by atoms with Crippen LogP contribution in [0.5, 0.6) is 0 Å². The Labute approximate surface area is 105 Å². The Morgan fingerprint density at radius 1 is 1.65 bits per heavy atom. The van der Waals surface area contributed by atoms with Gasteiger partial charge >= 0.3 is 0 Å². The first kappa shape index (κ1) is 12.5. The third kappa shape index (κ3) is 3.24. The minimum Gasteiger partial charge on any atom is -0.348 e. The highest BCUT2D eigenvalue weighted by Crippen LogP contribution is 2.15. The third-order valence-corrected chi connectivity index (χ3v) is 3.67. The smallest absolute Gasteiger partial charge is 0.228 e. The zero-order valence-electron chi connectivity index (χ0n) is 10.2. The third-order valence-electron chi connectivity index (χ3n) is 2.77. The Bertz CT molecular complexity index is 398. The van der Waals surface area contributed by atoms with Crippen LogP contribution in [0.25, 0.3) is 0 Å². The van der Waals surface area contributed by atoms with Crippen LogP contribution in [0, 0.1) is 0 Å². The van der Waals surface area contributed by atoms with Gasteiger partial charge in [-0.15, -0.1) is 11.3 Å². The lowest BCUT2D eigenvalue weighted by atomic mass is 10.1. The quantitative estimate of drug-likeness (QED) is 0.816. The Hall–Kier alpha value is -0.980. The molecule has 2 N–H and O–H groups in total. The van der Waals surface area contributed by atoms with Crippen LogP contribution in [-0.2, 0) is 17.8 Å². The van der Waals surface area contributed by atoms with Crippen molar-refractivity contribution < 1.29 is 4.79 Å². The minimum atomic E-state index is 0.0943. The van der Waals surface area contributed by atoms with Gasteiger partial charge in [-0.25, -0.2) is 4.98 Å². The fraction of sp³-hybridized carbons (Fsp3) is 0.636. The monoisotopic (exact) mass is 254 g/mol. The van der Waals surface area contributed by atoms with E-state index in [-0.39, 0.29) is 5.91 Å². The molecule has 1 fully saturated rings. The standard InChI is InChI=1S/C11H18N4OS/c1-14(2)11(16)3-10-13-9(7-17-10)6-15-4-8(12)5-15/h7-8H,3-6,12H2,1-2H3. The molecule has 1 aromatic heterocycles. The number of likely N-dealkylation sites (tertiary alicyclic amines) is 1. The van der Waals surface area contributed by atoms with E-state index in [9.17, 15) is 4.79 Å². The van der Waals surface area contributed by atoms with Gasteiger partial charge in [0.25, 0.3) is 0 Å². The van der Waals surface area contributed by atoms with E-state index in [4.69, 9.17) is 5.73 Å². The Morgan fingerprint density at radius 2 is 2.35 bits per heavy atom. The lowest BCUT2D eigenvalue weighted by Crippen LogP contribution is -2.54. The fourth-order valence-corrected chi connectivity index (χ4v) is 2.53. The predicted molar refractivity (Wildman–Crippen MR) is 67.8 cm³/mol. The van der Waals surface area contributed by atoms with E-state index in [0.717, 1.165) is 30.3 Å². The topological polar surface area (TPSA) is 62.5 Å². The predicted octanol–water partition coefficient (Wildman–Crippen LogP) is -0.0833. The van der Waals surface area contributed by atoms with E-state index >= 15 is 0 Å². The van der Waals surface area contributed by atoms with E-state index in [1.54, 1.807) is 30.3 Å². The molecule has 0 unspecified atom stereocenters. The molecule has 0 atom stereocenters. The molecule has 1 aliphatic heterocycles. The second-order valence-electron chi connectivity index (χ2n) is 4.65. The molecule has 17 heavy (non-hydrogen) atoms. The van der Waals surface area contributed by atoms with Gasteiger partial charge in [0.1, 0.15) is 5.01 Å². The molecule has 0 bridgehead atoms. The highest BCUT2D eigenvalue weighted by molar-refractivity contribution is 7.09. The van der Waals surface area contributed by atoms with Crippen LogP contribution >= 0.6 is 11.3 Å². The van der Waals surface area contributed by atoms with Gasteiger partial charge < -0.3 is 10.6 Å². The Kier molecular flexibility index (Phi) is 3.76. The van der Waals surface area contributed by atoms with Gasteiger partial charge in [-0.3, -0.25) is 9.69 Å². The van der Waals surface area contributed by atoms with Crippen molar-refractivity contribution in [3.05, 3.63) is 16.1 Å². The second-order valence-corrected chi connectivity index (χ2v) is 5.59. The molecule has 0 spiro atoms. The van der Waals surface area contributed by atoms with E-state index in [1.807, 2.05) is 5.38 Å². The van der Waals surface area contributed by atoms with Gasteiger partial charge in [-0.2, -0.15) is 0 Å². The first-order valence-corrected chi connectivity index (χ1v) is 6.54. The summed E-state index contributed by atoms with van der Waals surface area (Å²) in [6, 6.07) is 0.323. The van der Waals surface area contributed by atoms with Crippen molar-refractivity contribution in [1.82, 2.24) is 14.8 Å². The summed E-state index contributed by atoms with van der Waals surface area (Å²) in [6.07, 6.45) is 0.400. The molecule has 0 aromatic carbocycles. The maximum atomic E-state index is 11.5. The van der Waals surface area contributed by atoms with Crippen molar-refractivity contribution >= 4 is 17.2 Å². The summed E-state index contributed by atoms with van der Waals surface area (Å²) >= 11 is 1.56. The van der Waals surface area contributed by atoms with Gasteiger partial charge in [-0.05, 0) is 0 Å². The van der Waals surface area contributed by atoms with Crippen LogP contribution in [0.2, 0.25) is 0 Å². The van der Waals surface area contributed by atoms with Gasteiger partial charge in [-0.1, -0.05) is 0 Å². The molecule has 5 nitrogen and oxygen atoms in total. The number of carbonyl (C=O) groups excluding carboxylic acids is 1. The first-order chi connectivity index (χ1) is 8.04. The van der Waals surface area contributed by atoms with Crippen LogP contribution in [0.4, 0.5) is 0 Å². The van der Waals surface area contributed by atoms with Crippen molar-refractivity contribution in [2.45, 2.75) is 19.0 Å². The Morgan fingerprint density at radius 3 is 2.94 bits per heavy atom. The van der Waals surface area contributed by atoms with E-state index in [1.165, 1.54) is 0 Å². The number of nitrogens with zero attached hydrogens (tertiary/aromatic N) is 3. The number of nitrogens with two attached hydrogens (primary N) is 1. The molecular weight excluding hydrogens is 236 g/mol. The normalized spacial score (nSPS) is 16.9. The van der Waals surface area contributed by atoms with E-state index in [2.05, 4.69) is 9.88 Å². The van der Waals surface area contributed by atoms with Crippen molar-refractivity contribution in [1.29, 1.82) is 0 Å². The molecule has 1 amide bonds. The summed E-state index contributed by atoms with van der Waals surface area (Å²) in [5.41, 5.74) is 6.76. The van der Waals surface area contributed by atoms with Crippen molar-refractivity contribution in [2.24, 2.45) is 5.73 Å². The summed E-state index contributed by atoms with van der Waals surface area (Å²) in [7, 11) is 3.52. The fourth-order valence-electron chi connectivity index (χ4n) is 1.76. The highest BCUT2D eigenvalue weighted by atomic mass is 32.1. The SMILES string of the molecule is CN(C)C(=O)Cc1nc(CN2CC(N)C2)cs1. The number of thiazole rings is 1. The molecule has 6 heteroatoms. The van der Waals surface area contributed by atoms with E-state index < -0.39 is 0 Å².